The average molecular weight is 208 g/mol. The van der Waals surface area contributed by atoms with Gasteiger partial charge in [0.15, 0.2) is 0 Å². The Balaban J connectivity index is 2.67. The zero-order chi connectivity index (χ0) is 10.3. The summed E-state index contributed by atoms with van der Waals surface area (Å²) in [6.07, 6.45) is 0. The molecule has 0 aliphatic carbocycles. The van der Waals surface area contributed by atoms with Crippen molar-refractivity contribution in [3.8, 4) is 0 Å². The molecule has 6 heteroatoms. The van der Waals surface area contributed by atoms with Gasteiger partial charge in [0.25, 0.3) is 0 Å². The maximum atomic E-state index is 8.96. The summed E-state index contributed by atoms with van der Waals surface area (Å²) in [5.41, 5.74) is 12.4. The van der Waals surface area contributed by atoms with E-state index in [9.17, 15) is 0 Å². The number of anilines is 2. The molecule has 0 saturated carbocycles. The molecule has 0 aliphatic heterocycles. The summed E-state index contributed by atoms with van der Waals surface area (Å²) in [4.78, 5) is 0. The van der Waals surface area contributed by atoms with Crippen LogP contribution in [0.5, 0.6) is 0 Å². The van der Waals surface area contributed by atoms with Crippen LogP contribution in [0, 0.1) is 0 Å². The van der Waals surface area contributed by atoms with Crippen molar-refractivity contribution in [3.05, 3.63) is 18.2 Å². The first kappa shape index (κ1) is 9.33. The van der Waals surface area contributed by atoms with Crippen molar-refractivity contribution in [2.24, 2.45) is 0 Å². The number of hydrogen-bond donors (Lipinski definition) is 4. The van der Waals surface area contributed by atoms with Gasteiger partial charge in [-0.3, -0.25) is 0 Å². The predicted octanol–water partition coefficient (Wildman–Crippen LogP) is -0.255. The third kappa shape index (κ3) is 1.33. The molecule has 0 bridgehead atoms. The Morgan fingerprint density at radius 1 is 1.21 bits per heavy atom. The summed E-state index contributed by atoms with van der Waals surface area (Å²) in [5, 5.41) is 19.3. The van der Waals surface area contributed by atoms with Gasteiger partial charge >= 0.3 is 7.12 Å². The predicted molar refractivity (Wildman–Crippen MR) is 60.5 cm³/mol. The van der Waals surface area contributed by atoms with Gasteiger partial charge in [-0.15, -0.1) is 11.3 Å². The molecule has 0 atom stereocenters. The first-order valence-electron chi connectivity index (χ1n) is 4.03. The molecule has 14 heavy (non-hydrogen) atoms. The van der Waals surface area contributed by atoms with Crippen molar-refractivity contribution in [1.29, 1.82) is 0 Å². The largest absolute Gasteiger partial charge is 0.488 e. The quantitative estimate of drug-likeness (QED) is 0.486. The smallest absolute Gasteiger partial charge is 0.423 e. The fourth-order valence-electron chi connectivity index (χ4n) is 1.31. The highest BCUT2D eigenvalue weighted by molar-refractivity contribution is 7.23. The number of rotatable bonds is 1. The Bertz CT molecular complexity index is 483. The molecule has 1 aromatic carbocycles. The minimum atomic E-state index is -1.45. The molecular weight excluding hydrogens is 199 g/mol. The number of nitrogens with two attached hydrogens (primary N) is 2. The van der Waals surface area contributed by atoms with Crippen LogP contribution in [0.3, 0.4) is 0 Å². The van der Waals surface area contributed by atoms with E-state index >= 15 is 0 Å². The van der Waals surface area contributed by atoms with E-state index in [1.807, 2.05) is 0 Å². The maximum absolute atomic E-state index is 8.96. The van der Waals surface area contributed by atoms with Crippen LogP contribution in [0.1, 0.15) is 0 Å². The zero-order valence-corrected chi connectivity index (χ0v) is 8.08. The van der Waals surface area contributed by atoms with Crippen molar-refractivity contribution >= 4 is 44.7 Å². The second kappa shape index (κ2) is 3.16. The summed E-state index contributed by atoms with van der Waals surface area (Å²) in [5.74, 6) is 0. The normalized spacial score (nSPS) is 10.7. The second-order valence-electron chi connectivity index (χ2n) is 3.01. The van der Waals surface area contributed by atoms with Gasteiger partial charge in [0.1, 0.15) is 5.00 Å². The first-order chi connectivity index (χ1) is 6.59. The number of hydrogen-bond acceptors (Lipinski definition) is 5. The molecule has 2 rings (SSSR count). The van der Waals surface area contributed by atoms with E-state index in [-0.39, 0.29) is 0 Å². The van der Waals surface area contributed by atoms with Gasteiger partial charge in [-0.2, -0.15) is 0 Å². The summed E-state index contributed by atoms with van der Waals surface area (Å²) < 4.78 is 0.866. The van der Waals surface area contributed by atoms with Gasteiger partial charge in [-0.1, -0.05) is 12.1 Å². The summed E-state index contributed by atoms with van der Waals surface area (Å²) in [6.45, 7) is 0. The Morgan fingerprint density at radius 3 is 2.57 bits per heavy atom. The highest BCUT2D eigenvalue weighted by Gasteiger charge is 2.13. The second-order valence-corrected chi connectivity index (χ2v) is 4.09. The van der Waals surface area contributed by atoms with Crippen molar-refractivity contribution in [3.63, 3.8) is 0 Å². The lowest BCUT2D eigenvalue weighted by Crippen LogP contribution is -2.29. The molecule has 6 N–H and O–H groups in total. The van der Waals surface area contributed by atoms with E-state index in [2.05, 4.69) is 0 Å². The van der Waals surface area contributed by atoms with Gasteiger partial charge in [-0.05, 0) is 11.5 Å². The Kier molecular flexibility index (Phi) is 2.11. The molecule has 0 spiro atoms. The van der Waals surface area contributed by atoms with Crippen LogP contribution in [0.2, 0.25) is 0 Å². The first-order valence-corrected chi connectivity index (χ1v) is 4.85. The van der Waals surface area contributed by atoms with Crippen LogP contribution < -0.4 is 16.9 Å². The highest BCUT2D eigenvalue weighted by atomic mass is 32.1. The number of fused-ring (bicyclic) bond motifs is 1. The van der Waals surface area contributed by atoms with Crippen molar-refractivity contribution < 1.29 is 10.0 Å². The minimum absolute atomic E-state index is 0.443. The molecule has 0 saturated heterocycles. The lowest BCUT2D eigenvalue weighted by Gasteiger charge is -1.98. The van der Waals surface area contributed by atoms with Gasteiger partial charge in [0, 0.05) is 10.1 Å². The number of nitrogen functional groups attached to an aromatic ring is 2. The molecule has 0 fully saturated rings. The van der Waals surface area contributed by atoms with Gasteiger partial charge in [-0.25, -0.2) is 0 Å². The summed E-state index contributed by atoms with van der Waals surface area (Å²) in [7, 11) is -1.45. The fourth-order valence-corrected chi connectivity index (χ4v) is 2.25. The molecule has 0 unspecified atom stereocenters. The van der Waals surface area contributed by atoms with Gasteiger partial charge in [0.2, 0.25) is 0 Å². The van der Waals surface area contributed by atoms with E-state index in [1.54, 1.807) is 18.2 Å². The lowest BCUT2D eigenvalue weighted by atomic mass is 9.80. The molecule has 0 radical (unpaired) electrons. The third-order valence-corrected chi connectivity index (χ3v) is 3.08. The van der Waals surface area contributed by atoms with E-state index in [1.165, 1.54) is 11.3 Å². The van der Waals surface area contributed by atoms with Gasteiger partial charge < -0.3 is 21.5 Å². The van der Waals surface area contributed by atoms with Crippen LogP contribution in [0.4, 0.5) is 10.7 Å². The number of thiophene rings is 1. The summed E-state index contributed by atoms with van der Waals surface area (Å²) in [6, 6.07) is 5.04. The van der Waals surface area contributed by atoms with Crippen LogP contribution in [0.15, 0.2) is 18.2 Å². The zero-order valence-electron chi connectivity index (χ0n) is 7.27. The Morgan fingerprint density at radius 2 is 1.93 bits per heavy atom. The molecular formula is C8H9BN2O2S. The maximum Gasteiger partial charge on any atom is 0.488 e. The monoisotopic (exact) mass is 208 g/mol. The van der Waals surface area contributed by atoms with E-state index < -0.39 is 7.12 Å². The van der Waals surface area contributed by atoms with Crippen molar-refractivity contribution in [1.82, 2.24) is 0 Å². The summed E-state index contributed by atoms with van der Waals surface area (Å²) >= 11 is 1.34. The molecule has 1 aromatic heterocycles. The van der Waals surface area contributed by atoms with E-state index in [4.69, 9.17) is 21.5 Å². The van der Waals surface area contributed by atoms with Crippen molar-refractivity contribution in [2.75, 3.05) is 11.5 Å². The molecule has 4 nitrogen and oxygen atoms in total. The molecule has 72 valence electrons. The molecule has 2 aromatic rings. The lowest BCUT2D eigenvalue weighted by molar-refractivity contribution is 0.426. The van der Waals surface area contributed by atoms with Crippen LogP contribution >= 0.6 is 11.3 Å². The minimum Gasteiger partial charge on any atom is -0.423 e. The van der Waals surface area contributed by atoms with Crippen LogP contribution in [-0.2, 0) is 0 Å². The molecule has 0 aliphatic rings. The number of benzene rings is 1. The van der Waals surface area contributed by atoms with E-state index in [0.717, 1.165) is 10.1 Å². The SMILES string of the molecule is Nc1sc2cc(B(O)O)ccc2c1N. The van der Waals surface area contributed by atoms with Crippen LogP contribution in [0.25, 0.3) is 10.1 Å². The van der Waals surface area contributed by atoms with Crippen molar-refractivity contribution in [2.45, 2.75) is 0 Å². The third-order valence-electron chi connectivity index (χ3n) is 2.08. The molecule has 0 amide bonds. The van der Waals surface area contributed by atoms with E-state index in [0.29, 0.717) is 16.2 Å². The Hall–Kier alpha value is -1.24. The highest BCUT2D eigenvalue weighted by Crippen LogP contribution is 2.34. The standard InChI is InChI=1S/C8H9BN2O2S/c10-7-5-2-1-4(9(12)13)3-6(5)14-8(7)11/h1-3,12-13H,10-11H2. The van der Waals surface area contributed by atoms with Crippen LogP contribution in [-0.4, -0.2) is 17.2 Å². The molecule has 1 heterocycles. The fraction of sp³-hybridized carbons (Fsp3) is 0. The Labute approximate surface area is 84.9 Å². The topological polar surface area (TPSA) is 92.5 Å². The average Bonchev–Trinajstić information content (AvgIpc) is 2.42. The van der Waals surface area contributed by atoms with Gasteiger partial charge in [0.05, 0.1) is 5.69 Å².